The lowest BCUT2D eigenvalue weighted by atomic mass is 10.1. The van der Waals surface area contributed by atoms with E-state index in [0.29, 0.717) is 12.8 Å². The molecule has 0 aromatic heterocycles. The molecule has 1 saturated heterocycles. The minimum Gasteiger partial charge on any atom is -0.463 e. The third-order valence-electron chi connectivity index (χ3n) is 2.22. The molecule has 2 atom stereocenters. The van der Waals surface area contributed by atoms with Crippen molar-refractivity contribution in [3.05, 3.63) is 0 Å². The van der Waals surface area contributed by atoms with Gasteiger partial charge in [-0.1, -0.05) is 0 Å². The van der Waals surface area contributed by atoms with E-state index < -0.39 is 5.79 Å². The minimum atomic E-state index is -0.732. The topological polar surface area (TPSA) is 68.6 Å². The smallest absolute Gasteiger partial charge is 0.302 e. The highest BCUT2D eigenvalue weighted by Crippen LogP contribution is 2.28. The highest BCUT2D eigenvalue weighted by atomic mass is 16.7. The second-order valence-corrected chi connectivity index (χ2v) is 4.28. The zero-order valence-electron chi connectivity index (χ0n) is 9.86. The SMILES string of the molecule is CC(=O)OCC1CC(CC#N)OC(C)(C)O1. The van der Waals surface area contributed by atoms with Gasteiger partial charge in [-0.2, -0.15) is 5.26 Å². The molecule has 0 aromatic rings. The van der Waals surface area contributed by atoms with Gasteiger partial charge in [0.2, 0.25) is 0 Å². The van der Waals surface area contributed by atoms with Crippen molar-refractivity contribution in [1.29, 1.82) is 5.26 Å². The Balaban J connectivity index is 2.51. The van der Waals surface area contributed by atoms with Gasteiger partial charge in [0.1, 0.15) is 6.61 Å². The van der Waals surface area contributed by atoms with Gasteiger partial charge in [-0.15, -0.1) is 0 Å². The Hall–Kier alpha value is -1.12. The molecule has 1 fully saturated rings. The number of rotatable bonds is 3. The highest BCUT2D eigenvalue weighted by molar-refractivity contribution is 5.65. The maximum Gasteiger partial charge on any atom is 0.302 e. The summed E-state index contributed by atoms with van der Waals surface area (Å²) in [4.78, 5) is 10.7. The van der Waals surface area contributed by atoms with Gasteiger partial charge in [0, 0.05) is 13.3 Å². The lowest BCUT2D eigenvalue weighted by Gasteiger charge is -2.39. The molecule has 0 radical (unpaired) electrons. The number of carbonyl (C=O) groups excluding carboxylic acids is 1. The summed E-state index contributed by atoms with van der Waals surface area (Å²) in [6.07, 6.45) is 0.536. The van der Waals surface area contributed by atoms with Crippen molar-refractivity contribution in [3.63, 3.8) is 0 Å². The largest absolute Gasteiger partial charge is 0.463 e. The molecule has 5 nitrogen and oxygen atoms in total. The first-order valence-electron chi connectivity index (χ1n) is 5.29. The van der Waals surface area contributed by atoms with E-state index in [1.807, 2.05) is 0 Å². The Morgan fingerprint density at radius 2 is 2.12 bits per heavy atom. The van der Waals surface area contributed by atoms with Gasteiger partial charge in [-0.25, -0.2) is 0 Å². The van der Waals surface area contributed by atoms with Crippen LogP contribution in [0, 0.1) is 11.3 Å². The van der Waals surface area contributed by atoms with Crippen molar-refractivity contribution in [1.82, 2.24) is 0 Å². The van der Waals surface area contributed by atoms with Gasteiger partial charge in [-0.05, 0) is 13.8 Å². The molecular formula is C11H17NO4. The van der Waals surface area contributed by atoms with Crippen LogP contribution >= 0.6 is 0 Å². The summed E-state index contributed by atoms with van der Waals surface area (Å²) >= 11 is 0. The van der Waals surface area contributed by atoms with Crippen LogP contribution in [0.15, 0.2) is 0 Å². The first-order chi connectivity index (χ1) is 7.43. The Morgan fingerprint density at radius 3 is 2.69 bits per heavy atom. The van der Waals surface area contributed by atoms with Gasteiger partial charge in [0.25, 0.3) is 0 Å². The van der Waals surface area contributed by atoms with E-state index in [2.05, 4.69) is 6.07 Å². The van der Waals surface area contributed by atoms with E-state index in [1.54, 1.807) is 13.8 Å². The van der Waals surface area contributed by atoms with E-state index in [4.69, 9.17) is 19.5 Å². The lowest BCUT2D eigenvalue weighted by Crippen LogP contribution is -2.46. The molecule has 1 aliphatic rings. The second kappa shape index (κ2) is 5.28. The second-order valence-electron chi connectivity index (χ2n) is 4.28. The van der Waals surface area contributed by atoms with Crippen LogP contribution in [0.25, 0.3) is 0 Å². The number of carbonyl (C=O) groups is 1. The van der Waals surface area contributed by atoms with Crippen molar-refractivity contribution in [2.75, 3.05) is 6.61 Å². The van der Waals surface area contributed by atoms with Crippen LogP contribution in [0.1, 0.15) is 33.6 Å². The Labute approximate surface area is 95.3 Å². The van der Waals surface area contributed by atoms with Gasteiger partial charge in [0.05, 0.1) is 24.7 Å². The summed E-state index contributed by atoms with van der Waals surface area (Å²) in [5, 5.41) is 8.64. The molecule has 1 heterocycles. The van der Waals surface area contributed by atoms with Crippen molar-refractivity contribution in [3.8, 4) is 6.07 Å². The van der Waals surface area contributed by atoms with Crippen molar-refractivity contribution < 1.29 is 19.0 Å². The van der Waals surface area contributed by atoms with Crippen LogP contribution in [0.3, 0.4) is 0 Å². The molecule has 0 bridgehead atoms. The van der Waals surface area contributed by atoms with Crippen LogP contribution in [-0.2, 0) is 19.0 Å². The Morgan fingerprint density at radius 1 is 1.50 bits per heavy atom. The molecular weight excluding hydrogens is 210 g/mol. The first kappa shape index (κ1) is 12.9. The van der Waals surface area contributed by atoms with E-state index in [-0.39, 0.29) is 24.8 Å². The number of ether oxygens (including phenoxy) is 3. The van der Waals surface area contributed by atoms with Crippen molar-refractivity contribution >= 4 is 5.97 Å². The van der Waals surface area contributed by atoms with Gasteiger partial charge < -0.3 is 14.2 Å². The predicted molar refractivity (Wildman–Crippen MR) is 55.3 cm³/mol. The number of nitriles is 1. The van der Waals surface area contributed by atoms with Crippen LogP contribution < -0.4 is 0 Å². The molecule has 0 N–H and O–H groups in total. The number of esters is 1. The average molecular weight is 227 g/mol. The predicted octanol–water partition coefficient (Wildman–Crippen LogP) is 1.37. The number of hydrogen-bond acceptors (Lipinski definition) is 5. The molecule has 1 aliphatic heterocycles. The summed E-state index contributed by atoms with van der Waals surface area (Å²) in [5.74, 6) is -1.06. The maximum absolute atomic E-state index is 10.7. The van der Waals surface area contributed by atoms with Gasteiger partial charge in [-0.3, -0.25) is 4.79 Å². The van der Waals surface area contributed by atoms with E-state index in [0.717, 1.165) is 0 Å². The minimum absolute atomic E-state index is 0.158. The summed E-state index contributed by atoms with van der Waals surface area (Å²) in [5.41, 5.74) is 0. The zero-order chi connectivity index (χ0) is 12.2. The number of hydrogen-bond donors (Lipinski definition) is 0. The lowest BCUT2D eigenvalue weighted by molar-refractivity contribution is -0.303. The van der Waals surface area contributed by atoms with Crippen LogP contribution in [0.5, 0.6) is 0 Å². The third-order valence-corrected chi connectivity index (χ3v) is 2.22. The van der Waals surface area contributed by atoms with Gasteiger partial charge >= 0.3 is 5.97 Å². The summed E-state index contributed by atoms with van der Waals surface area (Å²) in [6.45, 7) is 5.15. The monoisotopic (exact) mass is 227 g/mol. The molecule has 16 heavy (non-hydrogen) atoms. The van der Waals surface area contributed by atoms with Crippen molar-refractivity contribution in [2.24, 2.45) is 0 Å². The Bertz CT molecular complexity index is 295. The normalized spacial score (nSPS) is 28.1. The summed E-state index contributed by atoms with van der Waals surface area (Å²) in [7, 11) is 0. The van der Waals surface area contributed by atoms with Crippen LogP contribution in [0.4, 0.5) is 0 Å². The standard InChI is InChI=1S/C11H17NO4/c1-8(13)14-7-10-6-9(4-5-12)15-11(2,3)16-10/h9-10H,4,6-7H2,1-3H3. The molecule has 2 unspecified atom stereocenters. The zero-order valence-corrected chi connectivity index (χ0v) is 9.86. The van der Waals surface area contributed by atoms with E-state index in [9.17, 15) is 4.79 Å². The van der Waals surface area contributed by atoms with E-state index in [1.165, 1.54) is 6.92 Å². The highest BCUT2D eigenvalue weighted by Gasteiger charge is 2.35. The maximum atomic E-state index is 10.7. The molecule has 0 saturated carbocycles. The van der Waals surface area contributed by atoms with Crippen LogP contribution in [-0.4, -0.2) is 30.6 Å². The quantitative estimate of drug-likeness (QED) is 0.681. The fraction of sp³-hybridized carbons (Fsp3) is 0.818. The van der Waals surface area contributed by atoms with Crippen LogP contribution in [0.2, 0.25) is 0 Å². The summed E-state index contributed by atoms with van der Waals surface area (Å²) in [6, 6.07) is 2.07. The molecule has 0 aliphatic carbocycles. The molecule has 0 amide bonds. The van der Waals surface area contributed by atoms with E-state index >= 15 is 0 Å². The fourth-order valence-corrected chi connectivity index (χ4v) is 1.76. The molecule has 5 heteroatoms. The van der Waals surface area contributed by atoms with Gasteiger partial charge in [0.15, 0.2) is 5.79 Å². The molecule has 90 valence electrons. The van der Waals surface area contributed by atoms with Crippen molar-refractivity contribution in [2.45, 2.75) is 51.6 Å². The average Bonchev–Trinajstić information content (AvgIpc) is 2.12. The fourth-order valence-electron chi connectivity index (χ4n) is 1.76. The first-order valence-corrected chi connectivity index (χ1v) is 5.29. The summed E-state index contributed by atoms with van der Waals surface area (Å²) < 4.78 is 16.1. The number of nitrogens with zero attached hydrogens (tertiary/aromatic N) is 1. The molecule has 1 rings (SSSR count). The third kappa shape index (κ3) is 4.17. The molecule has 0 aromatic carbocycles. The Kier molecular flexibility index (Phi) is 4.27. The molecule has 0 spiro atoms.